The first kappa shape index (κ1) is 20.8. The van der Waals surface area contributed by atoms with Gasteiger partial charge < -0.3 is 15.2 Å². The van der Waals surface area contributed by atoms with Crippen LogP contribution in [-0.2, 0) is 20.4 Å². The third-order valence-corrected chi connectivity index (χ3v) is 3.96. The van der Waals surface area contributed by atoms with Crippen LogP contribution in [0.25, 0.3) is 0 Å². The number of rotatable bonds is 4. The van der Waals surface area contributed by atoms with Crippen LogP contribution in [0, 0.1) is 21.4 Å². The van der Waals surface area contributed by atoms with Crippen LogP contribution in [0.2, 0.25) is 0 Å². The van der Waals surface area contributed by atoms with Crippen LogP contribution >= 0.6 is 0 Å². The highest BCUT2D eigenvalue weighted by Crippen LogP contribution is 2.43. The Morgan fingerprint density at radius 3 is 2.61 bits per heavy atom. The number of carbonyl (C=O) groups is 1. The number of nitro groups is 1. The predicted molar refractivity (Wildman–Crippen MR) is 88.1 cm³/mol. The summed E-state index contributed by atoms with van der Waals surface area (Å²) in [6.45, 7) is 2.88. The molecule has 2 rings (SSSR count). The first-order valence-electron chi connectivity index (χ1n) is 7.83. The summed E-state index contributed by atoms with van der Waals surface area (Å²) in [5.74, 6) is -2.55. The van der Waals surface area contributed by atoms with Crippen LogP contribution in [0.15, 0.2) is 41.0 Å². The van der Waals surface area contributed by atoms with Gasteiger partial charge in [0.1, 0.15) is 23.0 Å². The van der Waals surface area contributed by atoms with Gasteiger partial charge in [0.15, 0.2) is 0 Å². The minimum absolute atomic E-state index is 0.0173. The number of halogens is 3. The Morgan fingerprint density at radius 1 is 1.46 bits per heavy atom. The average Bonchev–Trinajstić information content (AvgIpc) is 2.59. The molecule has 0 spiro atoms. The summed E-state index contributed by atoms with van der Waals surface area (Å²) in [6.07, 6.45) is -4.96. The van der Waals surface area contributed by atoms with Crippen molar-refractivity contribution in [2.45, 2.75) is 25.9 Å². The Kier molecular flexibility index (Phi) is 5.63. The second-order valence-electron chi connectivity index (χ2n) is 5.65. The molecule has 148 valence electrons. The molecule has 11 heteroatoms. The normalized spacial score (nSPS) is 17.1. The van der Waals surface area contributed by atoms with E-state index in [4.69, 9.17) is 15.2 Å². The van der Waals surface area contributed by atoms with E-state index in [0.717, 1.165) is 6.07 Å². The Morgan fingerprint density at radius 2 is 2.11 bits per heavy atom. The maximum absolute atomic E-state index is 13.1. The Balaban J connectivity index is 2.74. The zero-order chi connectivity index (χ0) is 21.2. The van der Waals surface area contributed by atoms with Gasteiger partial charge in [0.2, 0.25) is 5.88 Å². The molecule has 1 unspecified atom stereocenters. The highest BCUT2D eigenvalue weighted by atomic mass is 19.4. The fourth-order valence-corrected chi connectivity index (χ4v) is 2.81. The van der Waals surface area contributed by atoms with E-state index < -0.39 is 34.2 Å². The molecule has 0 saturated heterocycles. The molecule has 1 atom stereocenters. The molecule has 1 aliphatic rings. The maximum Gasteiger partial charge on any atom is 0.422 e. The number of ether oxygens (including phenoxy) is 2. The van der Waals surface area contributed by atoms with Gasteiger partial charge in [0, 0.05) is 6.07 Å². The lowest BCUT2D eigenvalue weighted by molar-refractivity contribution is -0.388. The summed E-state index contributed by atoms with van der Waals surface area (Å²) in [4.78, 5) is 22.3. The standard InChI is InChI=1S/C17H14F3N3O5/c1-3-27-16(24)13-8(2)28-15(22)10(7-21)14(13)9-4-5-11(17(18,19)20)12(6-9)23(25)26/h4-6,14H,3,22H2,1-2H3. The minimum atomic E-state index is -4.96. The number of hydrogen-bond donors (Lipinski definition) is 1. The molecule has 2 N–H and O–H groups in total. The average molecular weight is 397 g/mol. The molecule has 1 aliphatic heterocycles. The van der Waals surface area contributed by atoms with Crippen LogP contribution in [0.3, 0.4) is 0 Å². The molecule has 0 saturated carbocycles. The van der Waals surface area contributed by atoms with Crippen molar-refractivity contribution >= 4 is 11.7 Å². The summed E-state index contributed by atoms with van der Waals surface area (Å²) in [6, 6.07) is 3.87. The number of allylic oxidation sites excluding steroid dienone is 2. The SMILES string of the molecule is CCOC(=O)C1=C(C)OC(N)=C(C#N)C1c1ccc(C(F)(F)F)c([N+](=O)[O-])c1. The van der Waals surface area contributed by atoms with Crippen molar-refractivity contribution < 1.29 is 32.4 Å². The van der Waals surface area contributed by atoms with E-state index in [2.05, 4.69) is 0 Å². The first-order valence-corrected chi connectivity index (χ1v) is 7.83. The van der Waals surface area contributed by atoms with E-state index in [9.17, 15) is 33.3 Å². The fraction of sp³-hybridized carbons (Fsp3) is 0.294. The van der Waals surface area contributed by atoms with Crippen LogP contribution in [0.5, 0.6) is 0 Å². The van der Waals surface area contributed by atoms with Gasteiger partial charge in [-0.2, -0.15) is 18.4 Å². The molecule has 1 aromatic carbocycles. The van der Waals surface area contributed by atoms with Crippen molar-refractivity contribution in [3.63, 3.8) is 0 Å². The number of nitriles is 1. The lowest BCUT2D eigenvalue weighted by Gasteiger charge is -2.27. The molecule has 1 heterocycles. The molecular formula is C17H14F3N3O5. The number of nitrogens with zero attached hydrogens (tertiary/aromatic N) is 2. The zero-order valence-corrected chi connectivity index (χ0v) is 14.7. The first-order chi connectivity index (χ1) is 13.0. The van der Waals surface area contributed by atoms with Gasteiger partial charge in [-0.05, 0) is 25.5 Å². The third-order valence-electron chi connectivity index (χ3n) is 3.96. The number of benzene rings is 1. The van der Waals surface area contributed by atoms with Crippen LogP contribution in [0.4, 0.5) is 18.9 Å². The number of hydrogen-bond acceptors (Lipinski definition) is 7. The van der Waals surface area contributed by atoms with Crippen LogP contribution in [0.1, 0.15) is 30.9 Å². The van der Waals surface area contributed by atoms with E-state index in [1.807, 2.05) is 0 Å². The van der Waals surface area contributed by atoms with Gasteiger partial charge in [-0.3, -0.25) is 10.1 Å². The van der Waals surface area contributed by atoms with Gasteiger partial charge in [-0.1, -0.05) is 6.07 Å². The molecule has 0 amide bonds. The second-order valence-corrected chi connectivity index (χ2v) is 5.65. The summed E-state index contributed by atoms with van der Waals surface area (Å²) in [7, 11) is 0. The largest absolute Gasteiger partial charge is 0.463 e. The summed E-state index contributed by atoms with van der Waals surface area (Å²) >= 11 is 0. The summed E-state index contributed by atoms with van der Waals surface area (Å²) in [5.41, 5.74) is 2.44. The van der Waals surface area contributed by atoms with Gasteiger partial charge in [-0.25, -0.2) is 4.79 Å². The molecule has 0 aromatic heterocycles. The van der Waals surface area contributed by atoms with Crippen molar-refractivity contribution in [2.75, 3.05) is 6.61 Å². The van der Waals surface area contributed by atoms with E-state index in [1.165, 1.54) is 13.8 Å². The van der Waals surface area contributed by atoms with Gasteiger partial charge in [0.05, 0.1) is 23.0 Å². The lowest BCUT2D eigenvalue weighted by atomic mass is 9.82. The quantitative estimate of drug-likeness (QED) is 0.469. The Hall–Kier alpha value is -3.55. The van der Waals surface area contributed by atoms with Crippen molar-refractivity contribution in [2.24, 2.45) is 5.73 Å². The second kappa shape index (κ2) is 7.59. The molecule has 8 nitrogen and oxygen atoms in total. The number of carbonyl (C=O) groups excluding carboxylic acids is 1. The maximum atomic E-state index is 13.1. The van der Waals surface area contributed by atoms with Gasteiger partial charge in [-0.15, -0.1) is 0 Å². The van der Waals surface area contributed by atoms with E-state index in [1.54, 1.807) is 6.07 Å². The van der Waals surface area contributed by atoms with Gasteiger partial charge in [0.25, 0.3) is 5.69 Å². The smallest absolute Gasteiger partial charge is 0.422 e. The molecular weight excluding hydrogens is 383 g/mol. The lowest BCUT2D eigenvalue weighted by Crippen LogP contribution is -2.25. The van der Waals surface area contributed by atoms with Crippen molar-refractivity contribution in [3.8, 4) is 6.07 Å². The monoisotopic (exact) mass is 397 g/mol. The van der Waals surface area contributed by atoms with Crippen molar-refractivity contribution in [3.05, 3.63) is 62.2 Å². The minimum Gasteiger partial charge on any atom is -0.463 e. The number of nitro benzene ring substituents is 1. The van der Waals surface area contributed by atoms with E-state index in [-0.39, 0.29) is 35.0 Å². The number of esters is 1. The number of nitrogens with two attached hydrogens (primary N) is 1. The highest BCUT2D eigenvalue weighted by Gasteiger charge is 2.41. The summed E-state index contributed by atoms with van der Waals surface area (Å²) in [5, 5.41) is 20.6. The zero-order valence-electron chi connectivity index (χ0n) is 14.7. The van der Waals surface area contributed by atoms with E-state index >= 15 is 0 Å². The molecule has 0 fully saturated rings. The molecule has 1 aromatic rings. The van der Waals surface area contributed by atoms with Crippen molar-refractivity contribution in [1.82, 2.24) is 0 Å². The molecule has 0 bridgehead atoms. The van der Waals surface area contributed by atoms with E-state index in [0.29, 0.717) is 12.1 Å². The van der Waals surface area contributed by atoms with Crippen LogP contribution < -0.4 is 5.73 Å². The van der Waals surface area contributed by atoms with Gasteiger partial charge >= 0.3 is 12.1 Å². The topological polar surface area (TPSA) is 128 Å². The van der Waals surface area contributed by atoms with Crippen LogP contribution in [-0.4, -0.2) is 17.5 Å². The Bertz CT molecular complexity index is 944. The highest BCUT2D eigenvalue weighted by molar-refractivity contribution is 5.92. The van der Waals surface area contributed by atoms with Crippen molar-refractivity contribution in [1.29, 1.82) is 5.26 Å². The third kappa shape index (κ3) is 3.75. The molecule has 0 aliphatic carbocycles. The molecule has 28 heavy (non-hydrogen) atoms. The number of alkyl halides is 3. The Labute approximate surface area is 156 Å². The predicted octanol–water partition coefficient (Wildman–Crippen LogP) is 3.26. The fourth-order valence-electron chi connectivity index (χ4n) is 2.81. The summed E-state index contributed by atoms with van der Waals surface area (Å²) < 4.78 is 49.3. The molecule has 0 radical (unpaired) electrons.